The fraction of sp³-hybridized carbons (Fsp3) is 0.481. The monoisotopic (exact) mass is 496 g/mol. The van der Waals surface area contributed by atoms with Crippen molar-refractivity contribution in [3.05, 3.63) is 59.7 Å². The van der Waals surface area contributed by atoms with Crippen molar-refractivity contribution >= 4 is 11.8 Å². The van der Waals surface area contributed by atoms with Gasteiger partial charge >= 0.3 is 0 Å². The zero-order valence-corrected chi connectivity index (χ0v) is 21.0. The standard InChI is InChI=1S/C27H36N4O5/c1-34-25-17-23(7-8-24(25)36-21-22-5-3-2-4-6-22)18-28-26(32)19-29-9-11-30(12-10-29)20-27(33)31-13-15-35-16-14-31/h2-8,17H,9-16,18-21H2,1H3,(H,28,32). The number of nitrogens with one attached hydrogen (secondary N) is 1. The van der Waals surface area contributed by atoms with Crippen LogP contribution in [-0.4, -0.2) is 99.2 Å². The summed E-state index contributed by atoms with van der Waals surface area (Å²) in [6.07, 6.45) is 0. The molecule has 2 aromatic carbocycles. The minimum atomic E-state index is -0.0174. The number of methoxy groups -OCH3 is 1. The molecule has 2 aliphatic heterocycles. The van der Waals surface area contributed by atoms with Gasteiger partial charge in [-0.2, -0.15) is 0 Å². The van der Waals surface area contributed by atoms with E-state index in [1.165, 1.54) is 0 Å². The van der Waals surface area contributed by atoms with Crippen LogP contribution in [0.1, 0.15) is 11.1 Å². The summed E-state index contributed by atoms with van der Waals surface area (Å²) in [6, 6.07) is 15.7. The first-order chi connectivity index (χ1) is 17.6. The summed E-state index contributed by atoms with van der Waals surface area (Å²) in [4.78, 5) is 31.2. The number of ether oxygens (including phenoxy) is 3. The van der Waals surface area contributed by atoms with E-state index in [-0.39, 0.29) is 11.8 Å². The van der Waals surface area contributed by atoms with Crippen molar-refractivity contribution in [2.45, 2.75) is 13.2 Å². The van der Waals surface area contributed by atoms with Gasteiger partial charge in [0.25, 0.3) is 0 Å². The second kappa shape index (κ2) is 13.2. The number of carbonyl (C=O) groups excluding carboxylic acids is 2. The van der Waals surface area contributed by atoms with Gasteiger partial charge in [-0.05, 0) is 23.3 Å². The molecule has 2 heterocycles. The highest BCUT2D eigenvalue weighted by Crippen LogP contribution is 2.28. The zero-order valence-electron chi connectivity index (χ0n) is 21.0. The first-order valence-electron chi connectivity index (χ1n) is 12.5. The van der Waals surface area contributed by atoms with Crippen LogP contribution in [0.15, 0.2) is 48.5 Å². The maximum atomic E-state index is 12.5. The summed E-state index contributed by atoms with van der Waals surface area (Å²) < 4.78 is 16.7. The molecule has 2 saturated heterocycles. The highest BCUT2D eigenvalue weighted by molar-refractivity contribution is 5.78. The lowest BCUT2D eigenvalue weighted by molar-refractivity contribution is -0.137. The highest BCUT2D eigenvalue weighted by Gasteiger charge is 2.23. The molecule has 0 saturated carbocycles. The van der Waals surface area contributed by atoms with Crippen LogP contribution in [0.3, 0.4) is 0 Å². The maximum absolute atomic E-state index is 12.5. The number of amides is 2. The molecule has 0 radical (unpaired) electrons. The predicted octanol–water partition coefficient (Wildman–Crippen LogP) is 1.37. The van der Waals surface area contributed by atoms with E-state index in [2.05, 4.69) is 15.1 Å². The molecule has 0 spiro atoms. The van der Waals surface area contributed by atoms with Crippen LogP contribution in [0.4, 0.5) is 0 Å². The summed E-state index contributed by atoms with van der Waals surface area (Å²) in [5.74, 6) is 1.45. The van der Waals surface area contributed by atoms with Gasteiger partial charge in [-0.1, -0.05) is 36.4 Å². The van der Waals surface area contributed by atoms with Crippen molar-refractivity contribution in [2.75, 3.05) is 72.7 Å². The Balaban J connectivity index is 1.17. The van der Waals surface area contributed by atoms with Gasteiger partial charge in [0.2, 0.25) is 11.8 Å². The minimum Gasteiger partial charge on any atom is -0.493 e. The maximum Gasteiger partial charge on any atom is 0.236 e. The molecule has 9 nitrogen and oxygen atoms in total. The van der Waals surface area contributed by atoms with Crippen molar-refractivity contribution in [1.29, 1.82) is 0 Å². The van der Waals surface area contributed by atoms with Gasteiger partial charge in [-0.25, -0.2) is 0 Å². The summed E-state index contributed by atoms with van der Waals surface area (Å²) in [5.41, 5.74) is 2.03. The predicted molar refractivity (Wildman–Crippen MR) is 136 cm³/mol. The highest BCUT2D eigenvalue weighted by atomic mass is 16.5. The lowest BCUT2D eigenvalue weighted by Gasteiger charge is -2.35. The molecule has 2 fully saturated rings. The van der Waals surface area contributed by atoms with Crippen molar-refractivity contribution in [2.24, 2.45) is 0 Å². The normalized spacial score (nSPS) is 17.0. The molecular weight excluding hydrogens is 460 g/mol. The Hall–Kier alpha value is -3.14. The van der Waals surface area contributed by atoms with E-state index in [0.717, 1.165) is 37.3 Å². The summed E-state index contributed by atoms with van der Waals surface area (Å²) >= 11 is 0. The van der Waals surface area contributed by atoms with E-state index >= 15 is 0 Å². The third-order valence-electron chi connectivity index (χ3n) is 6.51. The molecule has 0 unspecified atom stereocenters. The molecule has 2 amide bonds. The molecule has 2 aliphatic rings. The fourth-order valence-electron chi connectivity index (χ4n) is 4.35. The van der Waals surface area contributed by atoms with E-state index in [1.807, 2.05) is 53.4 Å². The van der Waals surface area contributed by atoms with E-state index in [0.29, 0.717) is 64.0 Å². The van der Waals surface area contributed by atoms with Gasteiger partial charge < -0.3 is 24.4 Å². The van der Waals surface area contributed by atoms with Crippen LogP contribution < -0.4 is 14.8 Å². The number of rotatable bonds is 10. The van der Waals surface area contributed by atoms with Crippen molar-refractivity contribution in [1.82, 2.24) is 20.0 Å². The molecule has 0 atom stereocenters. The van der Waals surface area contributed by atoms with Gasteiger partial charge in [0.15, 0.2) is 11.5 Å². The number of piperazine rings is 1. The largest absolute Gasteiger partial charge is 0.493 e. The molecule has 0 bridgehead atoms. The molecule has 4 rings (SSSR count). The minimum absolute atomic E-state index is 0.0174. The van der Waals surface area contributed by atoms with E-state index in [4.69, 9.17) is 14.2 Å². The molecule has 9 heteroatoms. The van der Waals surface area contributed by atoms with Crippen molar-refractivity contribution < 1.29 is 23.8 Å². The lowest BCUT2D eigenvalue weighted by atomic mass is 10.2. The number of morpholine rings is 1. The first kappa shape index (κ1) is 25.9. The smallest absolute Gasteiger partial charge is 0.236 e. The van der Waals surface area contributed by atoms with E-state index < -0.39 is 0 Å². The SMILES string of the molecule is COc1cc(CNC(=O)CN2CCN(CC(=O)N3CCOCC3)CC2)ccc1OCc1ccccc1. The second-order valence-electron chi connectivity index (χ2n) is 9.08. The second-order valence-corrected chi connectivity index (χ2v) is 9.08. The van der Waals surface area contributed by atoms with Gasteiger partial charge in [0.05, 0.1) is 33.4 Å². The number of benzene rings is 2. The average molecular weight is 497 g/mol. The third kappa shape index (κ3) is 7.68. The quantitative estimate of drug-likeness (QED) is 0.532. The van der Waals surface area contributed by atoms with Crippen LogP contribution in [0.5, 0.6) is 11.5 Å². The molecule has 0 aromatic heterocycles. The Kier molecular flexibility index (Phi) is 9.54. The molecule has 2 aromatic rings. The molecule has 1 N–H and O–H groups in total. The number of carbonyl (C=O) groups is 2. The Bertz CT molecular complexity index is 989. The van der Waals surface area contributed by atoms with E-state index in [9.17, 15) is 9.59 Å². The van der Waals surface area contributed by atoms with Crippen LogP contribution in [0.2, 0.25) is 0 Å². The van der Waals surface area contributed by atoms with E-state index in [1.54, 1.807) is 7.11 Å². The van der Waals surface area contributed by atoms with Crippen LogP contribution in [0, 0.1) is 0 Å². The fourth-order valence-corrected chi connectivity index (χ4v) is 4.35. The Morgan fingerprint density at radius 3 is 2.25 bits per heavy atom. The molecule has 36 heavy (non-hydrogen) atoms. The third-order valence-corrected chi connectivity index (χ3v) is 6.51. The van der Waals surface area contributed by atoms with Crippen LogP contribution in [-0.2, 0) is 27.5 Å². The van der Waals surface area contributed by atoms with Gasteiger partial charge in [0, 0.05) is 45.8 Å². The van der Waals surface area contributed by atoms with Crippen molar-refractivity contribution in [3.63, 3.8) is 0 Å². The molecular formula is C27H36N4O5. The zero-order chi connectivity index (χ0) is 25.2. The summed E-state index contributed by atoms with van der Waals surface area (Å²) in [5, 5.41) is 3.00. The first-order valence-corrected chi connectivity index (χ1v) is 12.5. The van der Waals surface area contributed by atoms with Gasteiger partial charge in [-0.15, -0.1) is 0 Å². The van der Waals surface area contributed by atoms with Gasteiger partial charge in [0.1, 0.15) is 6.61 Å². The molecule has 194 valence electrons. The van der Waals surface area contributed by atoms with Crippen molar-refractivity contribution in [3.8, 4) is 11.5 Å². The van der Waals surface area contributed by atoms with Crippen LogP contribution >= 0.6 is 0 Å². The summed E-state index contributed by atoms with van der Waals surface area (Å²) in [7, 11) is 1.61. The Morgan fingerprint density at radius 1 is 0.861 bits per heavy atom. The Morgan fingerprint density at radius 2 is 1.56 bits per heavy atom. The lowest BCUT2D eigenvalue weighted by Crippen LogP contribution is -2.52. The number of hydrogen-bond acceptors (Lipinski definition) is 7. The average Bonchev–Trinajstić information content (AvgIpc) is 2.93. The number of hydrogen-bond donors (Lipinski definition) is 1. The molecule has 0 aliphatic carbocycles. The topological polar surface area (TPSA) is 83.6 Å². The Labute approximate surface area is 212 Å². The van der Waals surface area contributed by atoms with Gasteiger partial charge in [-0.3, -0.25) is 19.4 Å². The number of nitrogens with zero attached hydrogens (tertiary/aromatic N) is 3. The van der Waals surface area contributed by atoms with Crippen LogP contribution in [0.25, 0.3) is 0 Å². The summed E-state index contributed by atoms with van der Waals surface area (Å²) in [6.45, 7) is 7.35.